The molecule has 190 valence electrons. The third-order valence-electron chi connectivity index (χ3n) is 6.13. The first kappa shape index (κ1) is 25.6. The molecule has 3 aromatic rings. The van der Waals surface area contributed by atoms with Gasteiger partial charge in [0.05, 0.1) is 24.8 Å². The second-order valence-electron chi connectivity index (χ2n) is 8.70. The Morgan fingerprint density at radius 3 is 2.22 bits per heavy atom. The summed E-state index contributed by atoms with van der Waals surface area (Å²) >= 11 is 0. The number of carbonyl (C=O) groups is 4. The number of benzene rings is 3. The molecular formula is C28H26FN3O5. The number of carbonyl (C=O) groups excluding carboxylic acids is 4. The predicted octanol–water partition coefficient (Wildman–Crippen LogP) is 4.33. The van der Waals surface area contributed by atoms with E-state index in [9.17, 15) is 23.6 Å². The minimum Gasteiger partial charge on any atom is -0.465 e. The average molecular weight is 504 g/mol. The number of halogens is 1. The van der Waals surface area contributed by atoms with Gasteiger partial charge in [0.2, 0.25) is 5.91 Å². The highest BCUT2D eigenvalue weighted by Gasteiger charge is 2.46. The molecule has 0 saturated carbocycles. The van der Waals surface area contributed by atoms with Crippen LogP contribution in [0.1, 0.15) is 27.9 Å². The number of hydrogen-bond acceptors (Lipinski definition) is 5. The SMILES string of the molecule is COC(=O)c1ccc(NC(=O)CC2C(=O)N(c3ccc(C)cc3)C(=O)N2CCc2ccc(F)cc2)cc1. The summed E-state index contributed by atoms with van der Waals surface area (Å²) in [4.78, 5) is 53.7. The Hall–Kier alpha value is -4.53. The quantitative estimate of drug-likeness (QED) is 0.365. The Morgan fingerprint density at radius 2 is 1.59 bits per heavy atom. The number of nitrogens with zero attached hydrogens (tertiary/aromatic N) is 2. The van der Waals surface area contributed by atoms with Crippen molar-refractivity contribution in [3.63, 3.8) is 0 Å². The van der Waals surface area contributed by atoms with Crippen LogP contribution in [0.25, 0.3) is 0 Å². The summed E-state index contributed by atoms with van der Waals surface area (Å²) in [6.45, 7) is 2.07. The number of imide groups is 1. The molecule has 9 heteroatoms. The summed E-state index contributed by atoms with van der Waals surface area (Å²) in [6.07, 6.45) is 0.128. The number of methoxy groups -OCH3 is 1. The molecule has 1 unspecified atom stereocenters. The molecule has 0 aromatic heterocycles. The van der Waals surface area contributed by atoms with Crippen LogP contribution in [-0.2, 0) is 20.7 Å². The van der Waals surface area contributed by atoms with Gasteiger partial charge in [-0.25, -0.2) is 18.9 Å². The van der Waals surface area contributed by atoms with E-state index in [4.69, 9.17) is 0 Å². The number of ether oxygens (including phenoxy) is 1. The lowest BCUT2D eigenvalue weighted by Gasteiger charge is -2.21. The number of anilines is 2. The molecule has 1 N–H and O–H groups in total. The molecule has 4 amide bonds. The summed E-state index contributed by atoms with van der Waals surface area (Å²) in [5, 5.41) is 2.71. The van der Waals surface area contributed by atoms with Gasteiger partial charge in [-0.15, -0.1) is 0 Å². The van der Waals surface area contributed by atoms with Crippen LogP contribution in [0.15, 0.2) is 72.8 Å². The van der Waals surface area contributed by atoms with Crippen molar-refractivity contribution >= 4 is 35.2 Å². The van der Waals surface area contributed by atoms with Crippen molar-refractivity contribution < 1.29 is 28.3 Å². The zero-order chi connectivity index (χ0) is 26.5. The largest absolute Gasteiger partial charge is 0.465 e. The van der Waals surface area contributed by atoms with Gasteiger partial charge in [-0.05, 0) is 67.4 Å². The van der Waals surface area contributed by atoms with Crippen molar-refractivity contribution in [3.8, 4) is 0 Å². The number of amides is 4. The third-order valence-corrected chi connectivity index (χ3v) is 6.13. The maximum absolute atomic E-state index is 13.4. The van der Waals surface area contributed by atoms with E-state index < -0.39 is 29.9 Å². The molecule has 0 aliphatic carbocycles. The van der Waals surface area contributed by atoms with Crippen LogP contribution in [0.5, 0.6) is 0 Å². The number of hydrogen-bond donors (Lipinski definition) is 1. The van der Waals surface area contributed by atoms with E-state index >= 15 is 0 Å². The Labute approximate surface area is 213 Å². The Balaban J connectivity index is 1.52. The Morgan fingerprint density at radius 1 is 0.946 bits per heavy atom. The van der Waals surface area contributed by atoms with Crippen molar-refractivity contribution in [3.05, 3.63) is 95.3 Å². The zero-order valence-electron chi connectivity index (χ0n) is 20.4. The fraction of sp³-hybridized carbons (Fsp3) is 0.214. The van der Waals surface area contributed by atoms with Crippen LogP contribution in [0.4, 0.5) is 20.6 Å². The minimum atomic E-state index is -1.01. The smallest absolute Gasteiger partial charge is 0.337 e. The zero-order valence-corrected chi connectivity index (χ0v) is 20.4. The van der Waals surface area contributed by atoms with Crippen molar-refractivity contribution in [2.24, 2.45) is 0 Å². The van der Waals surface area contributed by atoms with Crippen LogP contribution in [0.2, 0.25) is 0 Å². The highest BCUT2D eigenvalue weighted by molar-refractivity contribution is 6.22. The van der Waals surface area contributed by atoms with E-state index in [2.05, 4.69) is 10.1 Å². The number of urea groups is 1. The second-order valence-corrected chi connectivity index (χ2v) is 8.70. The summed E-state index contributed by atoms with van der Waals surface area (Å²) in [5.41, 5.74) is 2.96. The van der Waals surface area contributed by atoms with Crippen molar-refractivity contribution in [1.29, 1.82) is 0 Å². The van der Waals surface area contributed by atoms with Crippen LogP contribution in [0, 0.1) is 12.7 Å². The Kier molecular flexibility index (Phi) is 7.62. The molecule has 37 heavy (non-hydrogen) atoms. The first-order valence-electron chi connectivity index (χ1n) is 11.7. The third kappa shape index (κ3) is 5.83. The minimum absolute atomic E-state index is 0.171. The van der Waals surface area contributed by atoms with E-state index in [0.29, 0.717) is 23.4 Å². The van der Waals surface area contributed by atoms with Crippen LogP contribution >= 0.6 is 0 Å². The topological polar surface area (TPSA) is 96.0 Å². The van der Waals surface area contributed by atoms with Gasteiger partial charge in [-0.1, -0.05) is 29.8 Å². The highest BCUT2D eigenvalue weighted by atomic mass is 19.1. The number of rotatable bonds is 8. The molecule has 0 spiro atoms. The van der Waals surface area contributed by atoms with E-state index in [1.807, 2.05) is 6.92 Å². The van der Waals surface area contributed by atoms with Crippen LogP contribution < -0.4 is 10.2 Å². The normalized spacial score (nSPS) is 15.2. The van der Waals surface area contributed by atoms with E-state index in [0.717, 1.165) is 16.0 Å². The molecule has 1 aliphatic rings. The van der Waals surface area contributed by atoms with Gasteiger partial charge in [-0.2, -0.15) is 0 Å². The lowest BCUT2D eigenvalue weighted by atomic mass is 10.1. The molecule has 4 rings (SSSR count). The van der Waals surface area contributed by atoms with Gasteiger partial charge in [0, 0.05) is 12.2 Å². The number of nitrogens with one attached hydrogen (secondary N) is 1. The van der Waals surface area contributed by atoms with Crippen LogP contribution in [0.3, 0.4) is 0 Å². The average Bonchev–Trinajstić information content (AvgIpc) is 3.12. The van der Waals surface area contributed by atoms with Gasteiger partial charge in [0.25, 0.3) is 5.91 Å². The fourth-order valence-electron chi connectivity index (χ4n) is 4.11. The molecule has 0 bridgehead atoms. The van der Waals surface area contributed by atoms with Crippen molar-refractivity contribution in [2.75, 3.05) is 23.9 Å². The summed E-state index contributed by atoms with van der Waals surface area (Å²) in [7, 11) is 1.28. The standard InChI is InChI=1S/C28H26FN3O5/c1-18-3-13-23(14-4-18)32-26(34)24(31(28(32)36)16-15-19-5-9-21(29)10-6-19)17-25(33)30-22-11-7-20(8-12-22)27(35)37-2/h3-14,24H,15-17H2,1-2H3,(H,30,33). The maximum Gasteiger partial charge on any atom is 0.337 e. The lowest BCUT2D eigenvalue weighted by molar-refractivity contribution is -0.124. The molecule has 1 saturated heterocycles. The summed E-state index contributed by atoms with van der Waals surface area (Å²) < 4.78 is 18.0. The lowest BCUT2D eigenvalue weighted by Crippen LogP contribution is -2.39. The molecule has 0 radical (unpaired) electrons. The molecule has 1 heterocycles. The second kappa shape index (κ2) is 11.0. The fourth-order valence-corrected chi connectivity index (χ4v) is 4.11. The van der Waals surface area contributed by atoms with Gasteiger partial charge in [-0.3, -0.25) is 9.59 Å². The predicted molar refractivity (Wildman–Crippen MR) is 136 cm³/mol. The first-order valence-corrected chi connectivity index (χ1v) is 11.7. The number of aryl methyl sites for hydroxylation is 1. The molecule has 1 aliphatic heterocycles. The molecule has 1 atom stereocenters. The van der Waals surface area contributed by atoms with Gasteiger partial charge in [0.15, 0.2) is 0 Å². The van der Waals surface area contributed by atoms with E-state index in [1.54, 1.807) is 48.5 Å². The van der Waals surface area contributed by atoms with Crippen molar-refractivity contribution in [1.82, 2.24) is 4.90 Å². The molecule has 3 aromatic carbocycles. The van der Waals surface area contributed by atoms with E-state index in [1.165, 1.54) is 36.3 Å². The van der Waals surface area contributed by atoms with Gasteiger partial charge in [0.1, 0.15) is 11.9 Å². The Bertz CT molecular complexity index is 1310. The highest BCUT2D eigenvalue weighted by Crippen LogP contribution is 2.28. The molecule has 8 nitrogen and oxygen atoms in total. The molecule has 1 fully saturated rings. The van der Waals surface area contributed by atoms with Gasteiger partial charge >= 0.3 is 12.0 Å². The maximum atomic E-state index is 13.4. The summed E-state index contributed by atoms with van der Waals surface area (Å²) in [5.74, 6) is -1.82. The van der Waals surface area contributed by atoms with Gasteiger partial charge < -0.3 is 15.0 Å². The van der Waals surface area contributed by atoms with E-state index in [-0.39, 0.29) is 18.8 Å². The monoisotopic (exact) mass is 503 g/mol. The van der Waals surface area contributed by atoms with Crippen LogP contribution in [-0.4, -0.2) is 48.4 Å². The van der Waals surface area contributed by atoms with Crippen molar-refractivity contribution in [2.45, 2.75) is 25.8 Å². The summed E-state index contributed by atoms with van der Waals surface area (Å²) in [6, 6.07) is 17.5. The first-order chi connectivity index (χ1) is 17.8. The number of esters is 1. The molecular weight excluding hydrogens is 477 g/mol.